The van der Waals surface area contributed by atoms with Gasteiger partial charge < -0.3 is 4.74 Å². The zero-order chi connectivity index (χ0) is 19.1. The van der Waals surface area contributed by atoms with E-state index in [0.717, 1.165) is 16.1 Å². The molecule has 0 saturated carbocycles. The van der Waals surface area contributed by atoms with Gasteiger partial charge in [-0.2, -0.15) is 15.5 Å². The number of benzene rings is 2. The number of carbonyl (C=O) groups excluding carboxylic acids is 1. The largest absolute Gasteiger partial charge is 0.489 e. The molecule has 130 valence electrons. The second-order valence-corrected chi connectivity index (χ2v) is 5.73. The van der Waals surface area contributed by atoms with Crippen LogP contribution in [0.4, 0.5) is 5.69 Å². The SMILES string of the molecule is CC(=O)N(N=C(C#N)C#N)c1ccc(OCc2ccc(C)cc2)c(C)c1. The van der Waals surface area contributed by atoms with Crippen molar-refractivity contribution in [2.24, 2.45) is 5.10 Å². The van der Waals surface area contributed by atoms with E-state index >= 15 is 0 Å². The van der Waals surface area contributed by atoms with E-state index in [-0.39, 0.29) is 0 Å². The Kier molecular flexibility index (Phi) is 6.08. The normalized spacial score (nSPS) is 9.58. The Hall–Kier alpha value is -3.64. The van der Waals surface area contributed by atoms with Gasteiger partial charge in [-0.05, 0) is 43.2 Å². The van der Waals surface area contributed by atoms with Crippen molar-refractivity contribution >= 4 is 17.3 Å². The minimum Gasteiger partial charge on any atom is -0.489 e. The average molecular weight is 346 g/mol. The fourth-order valence-corrected chi connectivity index (χ4v) is 2.25. The number of anilines is 1. The molecule has 0 saturated heterocycles. The molecule has 1 amide bonds. The van der Waals surface area contributed by atoms with Crippen molar-refractivity contribution in [1.29, 1.82) is 10.5 Å². The number of carbonyl (C=O) groups is 1. The van der Waals surface area contributed by atoms with Gasteiger partial charge in [0.25, 0.3) is 0 Å². The number of hydrogen-bond donors (Lipinski definition) is 0. The van der Waals surface area contributed by atoms with E-state index in [0.29, 0.717) is 18.0 Å². The number of ether oxygens (including phenoxy) is 1. The third kappa shape index (κ3) is 4.68. The summed E-state index contributed by atoms with van der Waals surface area (Å²) in [5.74, 6) is 0.281. The van der Waals surface area contributed by atoms with Gasteiger partial charge in [-0.3, -0.25) is 4.79 Å². The first kappa shape index (κ1) is 18.7. The smallest absolute Gasteiger partial charge is 0.244 e. The lowest BCUT2D eigenvalue weighted by Gasteiger charge is -2.17. The van der Waals surface area contributed by atoms with Crippen molar-refractivity contribution < 1.29 is 9.53 Å². The van der Waals surface area contributed by atoms with E-state index in [1.54, 1.807) is 30.3 Å². The minimum absolute atomic E-state index is 0.391. The maximum absolute atomic E-state index is 11.8. The molecule has 0 N–H and O–H groups in total. The van der Waals surface area contributed by atoms with Crippen LogP contribution in [0.15, 0.2) is 47.6 Å². The molecule has 0 atom stereocenters. The molecule has 6 heteroatoms. The lowest BCUT2D eigenvalue weighted by Crippen LogP contribution is -2.23. The summed E-state index contributed by atoms with van der Waals surface area (Å²) in [6.07, 6.45) is 0. The molecule has 0 aromatic heterocycles. The number of nitriles is 2. The number of nitrogens with zero attached hydrogens (tertiary/aromatic N) is 4. The fourth-order valence-electron chi connectivity index (χ4n) is 2.25. The van der Waals surface area contributed by atoms with Crippen LogP contribution in [0, 0.1) is 36.5 Å². The van der Waals surface area contributed by atoms with E-state index in [1.165, 1.54) is 12.5 Å². The molecule has 6 nitrogen and oxygen atoms in total. The molecule has 0 unspecified atom stereocenters. The maximum atomic E-state index is 11.8. The molecule has 0 bridgehead atoms. The van der Waals surface area contributed by atoms with E-state index in [1.807, 2.05) is 38.1 Å². The van der Waals surface area contributed by atoms with Crippen molar-refractivity contribution in [1.82, 2.24) is 0 Å². The molecular formula is C20H18N4O2. The van der Waals surface area contributed by atoms with Crippen LogP contribution in [0.3, 0.4) is 0 Å². The van der Waals surface area contributed by atoms with Crippen LogP contribution in [0.2, 0.25) is 0 Å². The van der Waals surface area contributed by atoms with Crippen molar-refractivity contribution in [3.63, 3.8) is 0 Å². The van der Waals surface area contributed by atoms with Gasteiger partial charge in [0.15, 0.2) is 0 Å². The summed E-state index contributed by atoms with van der Waals surface area (Å²) in [5.41, 5.74) is 3.12. The molecule has 0 heterocycles. The van der Waals surface area contributed by atoms with E-state index < -0.39 is 11.6 Å². The summed E-state index contributed by atoms with van der Waals surface area (Å²) in [5, 5.41) is 22.5. The standard InChI is InChI=1S/C20H18N4O2/c1-14-4-6-17(7-5-14)13-26-20-9-8-19(10-15(20)2)24(16(3)25)23-18(11-21)12-22/h4-10H,13H2,1-3H3. The zero-order valence-corrected chi connectivity index (χ0v) is 14.9. The van der Waals surface area contributed by atoms with Gasteiger partial charge in [0.05, 0.1) is 5.69 Å². The number of hydrogen-bond acceptors (Lipinski definition) is 5. The third-order valence-corrected chi connectivity index (χ3v) is 3.63. The number of amides is 1. The Labute approximate surface area is 152 Å². The molecule has 2 aromatic carbocycles. The predicted molar refractivity (Wildman–Crippen MR) is 98.5 cm³/mol. The highest BCUT2D eigenvalue weighted by molar-refractivity contribution is 6.11. The molecule has 2 rings (SSSR count). The molecule has 0 radical (unpaired) electrons. The summed E-state index contributed by atoms with van der Waals surface area (Å²) >= 11 is 0. The second-order valence-electron chi connectivity index (χ2n) is 5.73. The fraction of sp³-hybridized carbons (Fsp3) is 0.200. The van der Waals surface area contributed by atoms with Gasteiger partial charge in [-0.25, -0.2) is 0 Å². The van der Waals surface area contributed by atoms with E-state index in [2.05, 4.69) is 5.10 Å². The highest BCUT2D eigenvalue weighted by Gasteiger charge is 2.14. The molecule has 0 aliphatic rings. The maximum Gasteiger partial charge on any atom is 0.244 e. The molecule has 0 aliphatic carbocycles. The monoisotopic (exact) mass is 346 g/mol. The van der Waals surface area contributed by atoms with Crippen molar-refractivity contribution in [2.45, 2.75) is 27.4 Å². The Morgan fingerprint density at radius 2 is 1.77 bits per heavy atom. The van der Waals surface area contributed by atoms with Crippen LogP contribution in [-0.2, 0) is 11.4 Å². The van der Waals surface area contributed by atoms with Crippen LogP contribution in [-0.4, -0.2) is 11.6 Å². The van der Waals surface area contributed by atoms with Gasteiger partial charge >= 0.3 is 0 Å². The highest BCUT2D eigenvalue weighted by atomic mass is 16.5. The number of aryl methyl sites for hydroxylation is 2. The van der Waals surface area contributed by atoms with Crippen LogP contribution in [0.5, 0.6) is 5.75 Å². The molecule has 0 spiro atoms. The Morgan fingerprint density at radius 1 is 1.12 bits per heavy atom. The van der Waals surface area contributed by atoms with Crippen molar-refractivity contribution in [2.75, 3.05) is 5.01 Å². The van der Waals surface area contributed by atoms with Crippen molar-refractivity contribution in [3.8, 4) is 17.9 Å². The first-order chi connectivity index (χ1) is 12.4. The van der Waals surface area contributed by atoms with Gasteiger partial charge in [0.1, 0.15) is 24.5 Å². The van der Waals surface area contributed by atoms with Gasteiger partial charge in [0, 0.05) is 6.92 Å². The number of hydrazone groups is 1. The van der Waals surface area contributed by atoms with Crippen LogP contribution in [0.1, 0.15) is 23.6 Å². The average Bonchev–Trinajstić information content (AvgIpc) is 2.63. The Balaban J connectivity index is 2.21. The quantitative estimate of drug-likeness (QED) is 0.610. The van der Waals surface area contributed by atoms with Gasteiger partial charge in [-0.1, -0.05) is 29.8 Å². The van der Waals surface area contributed by atoms with Crippen LogP contribution in [0.25, 0.3) is 0 Å². The molecular weight excluding hydrogens is 328 g/mol. The second kappa shape index (κ2) is 8.46. The summed E-state index contributed by atoms with van der Waals surface area (Å²) in [4.78, 5) is 11.8. The molecule has 26 heavy (non-hydrogen) atoms. The minimum atomic E-state index is -0.402. The molecule has 2 aromatic rings. The summed E-state index contributed by atoms with van der Waals surface area (Å²) in [7, 11) is 0. The predicted octanol–water partition coefficient (Wildman–Crippen LogP) is 3.64. The Bertz CT molecular complexity index is 902. The first-order valence-corrected chi connectivity index (χ1v) is 7.93. The summed E-state index contributed by atoms with van der Waals surface area (Å²) in [6, 6.07) is 16.5. The lowest BCUT2D eigenvalue weighted by molar-refractivity contribution is -0.116. The highest BCUT2D eigenvalue weighted by Crippen LogP contribution is 2.26. The van der Waals surface area contributed by atoms with E-state index in [9.17, 15) is 4.79 Å². The molecule has 0 fully saturated rings. The first-order valence-electron chi connectivity index (χ1n) is 7.93. The molecule has 0 aliphatic heterocycles. The van der Waals surface area contributed by atoms with E-state index in [4.69, 9.17) is 15.3 Å². The summed E-state index contributed by atoms with van der Waals surface area (Å²) in [6.45, 7) is 5.63. The van der Waals surface area contributed by atoms with Crippen molar-refractivity contribution in [3.05, 3.63) is 59.2 Å². The summed E-state index contributed by atoms with van der Waals surface area (Å²) < 4.78 is 5.84. The third-order valence-electron chi connectivity index (χ3n) is 3.63. The lowest BCUT2D eigenvalue weighted by atomic mass is 10.1. The topological polar surface area (TPSA) is 89.5 Å². The zero-order valence-electron chi connectivity index (χ0n) is 14.9. The Morgan fingerprint density at radius 3 is 2.31 bits per heavy atom. The van der Waals surface area contributed by atoms with Crippen LogP contribution < -0.4 is 9.75 Å². The number of rotatable bonds is 5. The van der Waals surface area contributed by atoms with Gasteiger partial charge in [-0.15, -0.1) is 5.10 Å². The van der Waals surface area contributed by atoms with Gasteiger partial charge in [0.2, 0.25) is 11.6 Å². The van der Waals surface area contributed by atoms with Crippen LogP contribution >= 0.6 is 0 Å².